The van der Waals surface area contributed by atoms with E-state index in [9.17, 15) is 18.0 Å². The Labute approximate surface area is 169 Å². The molecule has 0 saturated carbocycles. The Morgan fingerprint density at radius 3 is 2.41 bits per heavy atom. The first kappa shape index (κ1) is 21.0. The third-order valence-electron chi connectivity index (χ3n) is 4.71. The summed E-state index contributed by atoms with van der Waals surface area (Å²) in [7, 11) is -3.63. The third-order valence-corrected chi connectivity index (χ3v) is 6.75. The van der Waals surface area contributed by atoms with Gasteiger partial charge < -0.3 is 14.2 Å². The largest absolute Gasteiger partial charge is 0.450 e. The Morgan fingerprint density at radius 1 is 1.10 bits per heavy atom. The molecular weight excluding hydrogens is 398 g/mol. The van der Waals surface area contributed by atoms with Crippen LogP contribution in [0.4, 0.5) is 0 Å². The van der Waals surface area contributed by atoms with Crippen molar-refractivity contribution < 1.29 is 27.3 Å². The maximum Gasteiger partial charge on any atom is 0.377 e. The first-order chi connectivity index (χ1) is 13.7. The molecule has 1 aliphatic rings. The number of benzene rings is 1. The second-order valence-electron chi connectivity index (χ2n) is 6.96. The van der Waals surface area contributed by atoms with E-state index in [1.165, 1.54) is 15.3 Å². The standard InChI is InChI=1S/C19H23N3O6S/c1-13-4-5-14(2)17(10-13)29(25,26)22-8-6-21(7-9-22)18(23)12-27-19(24)16-11-15(3)20-28-16/h4-5,10-11H,6-9,12H2,1-3H3. The van der Waals surface area contributed by atoms with Crippen LogP contribution in [0.3, 0.4) is 0 Å². The first-order valence-electron chi connectivity index (χ1n) is 9.14. The molecule has 1 fully saturated rings. The maximum atomic E-state index is 12.9. The number of hydrogen-bond acceptors (Lipinski definition) is 7. The minimum atomic E-state index is -3.63. The Bertz CT molecular complexity index is 1020. The summed E-state index contributed by atoms with van der Waals surface area (Å²) in [5, 5.41) is 3.59. The van der Waals surface area contributed by atoms with Crippen molar-refractivity contribution >= 4 is 21.9 Å². The second kappa shape index (κ2) is 8.34. The van der Waals surface area contributed by atoms with Crippen molar-refractivity contribution in [3.05, 3.63) is 46.8 Å². The van der Waals surface area contributed by atoms with E-state index in [2.05, 4.69) is 5.16 Å². The molecule has 10 heteroatoms. The number of amides is 1. The SMILES string of the molecule is Cc1ccc(C)c(S(=O)(=O)N2CCN(C(=O)COC(=O)c3cc(C)no3)CC2)c1. The third kappa shape index (κ3) is 4.65. The highest BCUT2D eigenvalue weighted by atomic mass is 32.2. The quantitative estimate of drug-likeness (QED) is 0.669. The van der Waals surface area contributed by atoms with Crippen LogP contribution in [0.15, 0.2) is 33.7 Å². The molecule has 1 amide bonds. The molecule has 0 unspecified atom stereocenters. The molecule has 1 aliphatic heterocycles. The minimum Gasteiger partial charge on any atom is -0.450 e. The highest BCUT2D eigenvalue weighted by molar-refractivity contribution is 7.89. The molecular formula is C19H23N3O6S. The van der Waals surface area contributed by atoms with Crippen molar-refractivity contribution in [3.63, 3.8) is 0 Å². The van der Waals surface area contributed by atoms with Gasteiger partial charge in [-0.2, -0.15) is 4.31 Å². The average molecular weight is 421 g/mol. The highest BCUT2D eigenvalue weighted by Crippen LogP contribution is 2.22. The number of carbonyl (C=O) groups excluding carboxylic acids is 2. The van der Waals surface area contributed by atoms with Gasteiger partial charge in [-0.3, -0.25) is 4.79 Å². The summed E-state index contributed by atoms with van der Waals surface area (Å²) in [5.74, 6) is -1.23. The van der Waals surface area contributed by atoms with E-state index in [1.807, 2.05) is 13.0 Å². The zero-order valence-corrected chi connectivity index (χ0v) is 17.4. The molecule has 3 rings (SSSR count). The van der Waals surface area contributed by atoms with Gasteiger partial charge in [-0.1, -0.05) is 17.3 Å². The van der Waals surface area contributed by atoms with Gasteiger partial charge in [-0.05, 0) is 38.0 Å². The van der Waals surface area contributed by atoms with E-state index in [4.69, 9.17) is 9.26 Å². The first-order valence-corrected chi connectivity index (χ1v) is 10.6. The molecule has 1 aromatic carbocycles. The fourth-order valence-corrected chi connectivity index (χ4v) is 4.78. The molecule has 0 bridgehead atoms. The van der Waals surface area contributed by atoms with Gasteiger partial charge >= 0.3 is 5.97 Å². The van der Waals surface area contributed by atoms with E-state index >= 15 is 0 Å². The predicted octanol–water partition coefficient (Wildman–Crippen LogP) is 1.29. The highest BCUT2D eigenvalue weighted by Gasteiger charge is 2.31. The number of aromatic nitrogens is 1. The van der Waals surface area contributed by atoms with Crippen LogP contribution in [0.5, 0.6) is 0 Å². The molecule has 0 spiro atoms. The van der Waals surface area contributed by atoms with E-state index in [1.54, 1.807) is 26.0 Å². The maximum absolute atomic E-state index is 12.9. The van der Waals surface area contributed by atoms with Crippen LogP contribution in [0.25, 0.3) is 0 Å². The molecule has 1 aromatic heterocycles. The second-order valence-corrected chi connectivity index (χ2v) is 8.87. The molecule has 1 saturated heterocycles. The van der Waals surface area contributed by atoms with Gasteiger partial charge in [0.2, 0.25) is 15.8 Å². The summed E-state index contributed by atoms with van der Waals surface area (Å²) in [4.78, 5) is 25.9. The van der Waals surface area contributed by atoms with E-state index in [0.29, 0.717) is 11.3 Å². The Hall–Kier alpha value is -2.72. The summed E-state index contributed by atoms with van der Waals surface area (Å²) in [6.45, 7) is 5.63. The van der Waals surface area contributed by atoms with Crippen molar-refractivity contribution in [2.24, 2.45) is 0 Å². The molecule has 2 heterocycles. The van der Waals surface area contributed by atoms with Gasteiger partial charge in [-0.15, -0.1) is 0 Å². The number of nitrogens with zero attached hydrogens (tertiary/aromatic N) is 3. The number of hydrogen-bond donors (Lipinski definition) is 0. The zero-order valence-electron chi connectivity index (χ0n) is 16.5. The van der Waals surface area contributed by atoms with Gasteiger partial charge in [0, 0.05) is 32.2 Å². The minimum absolute atomic E-state index is 0.0697. The monoisotopic (exact) mass is 421 g/mol. The van der Waals surface area contributed by atoms with Gasteiger partial charge in [0.05, 0.1) is 10.6 Å². The number of ether oxygens (including phenoxy) is 1. The number of rotatable bonds is 5. The van der Waals surface area contributed by atoms with Crippen molar-refractivity contribution in [1.29, 1.82) is 0 Å². The fourth-order valence-electron chi connectivity index (χ4n) is 3.05. The van der Waals surface area contributed by atoms with Gasteiger partial charge in [0.25, 0.3) is 5.91 Å². The van der Waals surface area contributed by atoms with Crippen molar-refractivity contribution in [2.75, 3.05) is 32.8 Å². The lowest BCUT2D eigenvalue weighted by Crippen LogP contribution is -2.51. The Morgan fingerprint density at radius 2 is 1.79 bits per heavy atom. The molecule has 0 N–H and O–H groups in total. The number of carbonyl (C=O) groups is 2. The van der Waals surface area contributed by atoms with Crippen LogP contribution in [0.1, 0.15) is 27.4 Å². The lowest BCUT2D eigenvalue weighted by atomic mass is 10.2. The van der Waals surface area contributed by atoms with Crippen molar-refractivity contribution in [1.82, 2.24) is 14.4 Å². The summed E-state index contributed by atoms with van der Waals surface area (Å²) in [6.07, 6.45) is 0. The van der Waals surface area contributed by atoms with Crippen molar-refractivity contribution in [3.8, 4) is 0 Å². The van der Waals surface area contributed by atoms with Gasteiger partial charge in [0.1, 0.15) is 0 Å². The van der Waals surface area contributed by atoms with Crippen LogP contribution in [-0.4, -0.2) is 67.4 Å². The normalized spacial score (nSPS) is 15.3. The zero-order chi connectivity index (χ0) is 21.2. The van der Waals surface area contributed by atoms with Crippen LogP contribution in [0, 0.1) is 20.8 Å². The van der Waals surface area contributed by atoms with Crippen LogP contribution >= 0.6 is 0 Å². The Balaban J connectivity index is 1.56. The number of piperazine rings is 1. The number of esters is 1. The molecule has 9 nitrogen and oxygen atoms in total. The predicted molar refractivity (Wildman–Crippen MR) is 103 cm³/mol. The van der Waals surface area contributed by atoms with Crippen LogP contribution in [0.2, 0.25) is 0 Å². The van der Waals surface area contributed by atoms with Gasteiger partial charge in [-0.25, -0.2) is 13.2 Å². The van der Waals surface area contributed by atoms with E-state index in [0.717, 1.165) is 5.56 Å². The lowest BCUT2D eigenvalue weighted by Gasteiger charge is -2.34. The number of sulfonamides is 1. The van der Waals surface area contributed by atoms with E-state index in [-0.39, 0.29) is 36.8 Å². The molecule has 0 atom stereocenters. The smallest absolute Gasteiger partial charge is 0.377 e. The Kier molecular flexibility index (Phi) is 6.04. The lowest BCUT2D eigenvalue weighted by molar-refractivity contribution is -0.135. The average Bonchev–Trinajstić information content (AvgIpc) is 3.14. The summed E-state index contributed by atoms with van der Waals surface area (Å²) >= 11 is 0. The van der Waals surface area contributed by atoms with Crippen LogP contribution in [-0.2, 0) is 19.6 Å². The fraction of sp³-hybridized carbons (Fsp3) is 0.421. The van der Waals surface area contributed by atoms with Crippen LogP contribution < -0.4 is 0 Å². The summed E-state index contributed by atoms with van der Waals surface area (Å²) in [5.41, 5.74) is 2.08. The topological polar surface area (TPSA) is 110 Å². The summed E-state index contributed by atoms with van der Waals surface area (Å²) < 4.78 is 37.0. The van der Waals surface area contributed by atoms with Crippen molar-refractivity contribution in [2.45, 2.75) is 25.7 Å². The molecule has 2 aromatic rings. The number of aryl methyl sites for hydroxylation is 3. The molecule has 29 heavy (non-hydrogen) atoms. The van der Waals surface area contributed by atoms with E-state index < -0.39 is 28.5 Å². The molecule has 0 aliphatic carbocycles. The van der Waals surface area contributed by atoms with Gasteiger partial charge in [0.15, 0.2) is 6.61 Å². The molecule has 0 radical (unpaired) electrons. The molecule has 156 valence electrons. The summed E-state index contributed by atoms with van der Waals surface area (Å²) in [6, 6.07) is 6.73.